The first-order chi connectivity index (χ1) is 14.7. The molecule has 4 rings (SSSR count). The van der Waals surface area contributed by atoms with Crippen LogP contribution in [0.4, 0.5) is 5.69 Å². The lowest BCUT2D eigenvalue weighted by Crippen LogP contribution is -2.53. The van der Waals surface area contributed by atoms with E-state index in [9.17, 15) is 4.79 Å². The van der Waals surface area contributed by atoms with Gasteiger partial charge in [-0.15, -0.1) is 0 Å². The van der Waals surface area contributed by atoms with Gasteiger partial charge in [0, 0.05) is 58.0 Å². The fourth-order valence-electron chi connectivity index (χ4n) is 4.17. The number of carbonyl (C=O) groups excluding carboxylic acids is 1. The first kappa shape index (κ1) is 20.3. The molecule has 2 aliphatic rings. The second-order valence-corrected chi connectivity index (χ2v) is 7.89. The summed E-state index contributed by atoms with van der Waals surface area (Å²) in [7, 11) is 0. The normalized spacial score (nSPS) is 20.0. The zero-order valence-electron chi connectivity index (χ0n) is 17.7. The van der Waals surface area contributed by atoms with Gasteiger partial charge in [-0.25, -0.2) is 0 Å². The molecular weight excluding hydrogens is 378 g/mol. The number of guanidine groups is 1. The Hall–Kier alpha value is -2.96. The van der Waals surface area contributed by atoms with Crippen molar-refractivity contribution in [3.05, 3.63) is 54.5 Å². The number of hydrogen-bond acceptors (Lipinski definition) is 4. The predicted octanol–water partition coefficient (Wildman–Crippen LogP) is 2.53. The molecule has 1 N–H and O–H groups in total. The van der Waals surface area contributed by atoms with Crippen LogP contribution in [0.2, 0.25) is 0 Å². The van der Waals surface area contributed by atoms with Crippen molar-refractivity contribution in [3.63, 3.8) is 0 Å². The van der Waals surface area contributed by atoms with E-state index in [4.69, 9.17) is 9.41 Å². The quantitative estimate of drug-likeness (QED) is 0.607. The molecule has 7 heteroatoms. The van der Waals surface area contributed by atoms with Crippen LogP contribution in [0.5, 0.6) is 0 Å². The van der Waals surface area contributed by atoms with E-state index in [-0.39, 0.29) is 5.91 Å². The number of rotatable bonds is 5. The molecule has 2 aliphatic heterocycles. The molecule has 0 bridgehead atoms. The molecule has 2 aromatic rings. The summed E-state index contributed by atoms with van der Waals surface area (Å²) in [5, 5.41) is 3.43. The van der Waals surface area contributed by atoms with Crippen molar-refractivity contribution < 1.29 is 9.21 Å². The summed E-state index contributed by atoms with van der Waals surface area (Å²) in [6.45, 7) is 8.82. The van der Waals surface area contributed by atoms with Gasteiger partial charge in [0.2, 0.25) is 0 Å². The smallest absolute Gasteiger partial charge is 0.289 e. The van der Waals surface area contributed by atoms with E-state index < -0.39 is 0 Å². The van der Waals surface area contributed by atoms with Gasteiger partial charge < -0.3 is 24.4 Å². The fourth-order valence-corrected chi connectivity index (χ4v) is 4.17. The number of nitrogens with zero attached hydrogens (tertiary/aromatic N) is 4. The number of hydrogen-bond donors (Lipinski definition) is 1. The Morgan fingerprint density at radius 2 is 1.83 bits per heavy atom. The highest BCUT2D eigenvalue weighted by Crippen LogP contribution is 2.23. The second-order valence-electron chi connectivity index (χ2n) is 7.89. The molecule has 30 heavy (non-hydrogen) atoms. The number of piperazine rings is 1. The average molecular weight is 410 g/mol. The van der Waals surface area contributed by atoms with Gasteiger partial charge in [0.1, 0.15) is 0 Å². The monoisotopic (exact) mass is 409 g/mol. The summed E-state index contributed by atoms with van der Waals surface area (Å²) in [6, 6.07) is 14.1. The number of amides is 1. The maximum Gasteiger partial charge on any atom is 0.289 e. The lowest BCUT2D eigenvalue weighted by molar-refractivity contribution is 0.0657. The summed E-state index contributed by atoms with van der Waals surface area (Å²) in [5.74, 6) is 1.91. The summed E-state index contributed by atoms with van der Waals surface area (Å²) in [6.07, 6.45) is 2.71. The van der Waals surface area contributed by atoms with Gasteiger partial charge in [-0.3, -0.25) is 9.79 Å². The summed E-state index contributed by atoms with van der Waals surface area (Å²) in [4.78, 5) is 24.0. The largest absolute Gasteiger partial charge is 0.459 e. The van der Waals surface area contributed by atoms with E-state index in [2.05, 4.69) is 52.4 Å². The van der Waals surface area contributed by atoms with Gasteiger partial charge in [-0.05, 0) is 43.5 Å². The van der Waals surface area contributed by atoms with Crippen LogP contribution < -0.4 is 10.2 Å². The molecule has 1 aromatic heterocycles. The summed E-state index contributed by atoms with van der Waals surface area (Å²) in [5.41, 5.74) is 1.30. The van der Waals surface area contributed by atoms with Gasteiger partial charge in [0.15, 0.2) is 11.7 Å². The Labute approximate surface area is 178 Å². The molecule has 1 amide bonds. The number of furan rings is 1. The van der Waals surface area contributed by atoms with Gasteiger partial charge >= 0.3 is 0 Å². The average Bonchev–Trinajstić information content (AvgIpc) is 3.49. The Kier molecular flexibility index (Phi) is 6.57. The topological polar surface area (TPSA) is 64.3 Å². The summed E-state index contributed by atoms with van der Waals surface area (Å²) >= 11 is 0. The van der Waals surface area contributed by atoms with Crippen LogP contribution in [0.1, 0.15) is 23.9 Å². The Bertz CT molecular complexity index is 829. The number of carbonyl (C=O) groups is 1. The van der Waals surface area contributed by atoms with E-state index in [0.29, 0.717) is 24.8 Å². The lowest BCUT2D eigenvalue weighted by atomic mass is 10.1. The van der Waals surface area contributed by atoms with Crippen LogP contribution in [-0.2, 0) is 0 Å². The van der Waals surface area contributed by atoms with E-state index in [1.165, 1.54) is 12.1 Å². The Balaban J connectivity index is 1.31. The minimum atomic E-state index is -0.0338. The molecule has 3 heterocycles. The first-order valence-electron chi connectivity index (χ1n) is 10.9. The van der Waals surface area contributed by atoms with Crippen LogP contribution in [0.15, 0.2) is 58.1 Å². The second kappa shape index (κ2) is 9.69. The van der Waals surface area contributed by atoms with E-state index >= 15 is 0 Å². The molecule has 2 fully saturated rings. The molecular formula is C23H31N5O2. The number of para-hydroxylation sites is 1. The maximum atomic E-state index is 12.5. The van der Waals surface area contributed by atoms with Crippen molar-refractivity contribution in [1.29, 1.82) is 0 Å². The van der Waals surface area contributed by atoms with Crippen molar-refractivity contribution in [3.8, 4) is 0 Å². The van der Waals surface area contributed by atoms with E-state index in [0.717, 1.165) is 45.2 Å². The molecule has 1 aromatic carbocycles. The van der Waals surface area contributed by atoms with Crippen molar-refractivity contribution in [2.75, 3.05) is 57.3 Å². The van der Waals surface area contributed by atoms with E-state index in [1.807, 2.05) is 4.90 Å². The SMILES string of the molecule is CCNC(=NCC1CCN(c2ccccc2)C1)N1CCN(C(=O)c2ccco2)CC1. The van der Waals surface area contributed by atoms with Gasteiger partial charge in [-0.1, -0.05) is 18.2 Å². The maximum absolute atomic E-state index is 12.5. The first-order valence-corrected chi connectivity index (χ1v) is 10.9. The molecule has 0 radical (unpaired) electrons. The third-order valence-electron chi connectivity index (χ3n) is 5.84. The van der Waals surface area contributed by atoms with Crippen molar-refractivity contribution in [2.24, 2.45) is 10.9 Å². The highest BCUT2D eigenvalue weighted by Gasteiger charge is 2.26. The van der Waals surface area contributed by atoms with Crippen molar-refractivity contribution in [1.82, 2.24) is 15.1 Å². The molecule has 0 saturated carbocycles. The number of benzene rings is 1. The third-order valence-corrected chi connectivity index (χ3v) is 5.84. The highest BCUT2D eigenvalue weighted by molar-refractivity contribution is 5.91. The van der Waals surface area contributed by atoms with Crippen molar-refractivity contribution >= 4 is 17.6 Å². The lowest BCUT2D eigenvalue weighted by Gasteiger charge is -2.36. The molecule has 1 unspecified atom stereocenters. The minimum absolute atomic E-state index is 0.0338. The molecule has 7 nitrogen and oxygen atoms in total. The molecule has 0 spiro atoms. The zero-order valence-corrected chi connectivity index (χ0v) is 17.7. The Morgan fingerprint density at radius 3 is 2.53 bits per heavy atom. The predicted molar refractivity (Wildman–Crippen MR) is 119 cm³/mol. The molecule has 0 aliphatic carbocycles. The van der Waals surface area contributed by atoms with Gasteiger partial charge in [-0.2, -0.15) is 0 Å². The van der Waals surface area contributed by atoms with Gasteiger partial charge in [0.25, 0.3) is 5.91 Å². The van der Waals surface area contributed by atoms with Crippen LogP contribution in [0.25, 0.3) is 0 Å². The van der Waals surface area contributed by atoms with Crippen LogP contribution in [0, 0.1) is 5.92 Å². The van der Waals surface area contributed by atoms with Crippen molar-refractivity contribution in [2.45, 2.75) is 13.3 Å². The minimum Gasteiger partial charge on any atom is -0.459 e. The molecule has 1 atom stereocenters. The zero-order chi connectivity index (χ0) is 20.8. The fraction of sp³-hybridized carbons (Fsp3) is 0.478. The molecule has 160 valence electrons. The van der Waals surface area contributed by atoms with Crippen LogP contribution >= 0.6 is 0 Å². The number of aliphatic imine (C=N–C) groups is 1. The Morgan fingerprint density at radius 1 is 1.07 bits per heavy atom. The van der Waals surface area contributed by atoms with Gasteiger partial charge in [0.05, 0.1) is 6.26 Å². The van der Waals surface area contributed by atoms with Crippen LogP contribution in [-0.4, -0.2) is 74.0 Å². The highest BCUT2D eigenvalue weighted by atomic mass is 16.3. The summed E-state index contributed by atoms with van der Waals surface area (Å²) < 4.78 is 5.25. The molecule has 2 saturated heterocycles. The number of anilines is 1. The standard InChI is InChI=1S/C23H31N5O2/c1-2-24-23(25-17-19-10-11-28(18-19)20-7-4-3-5-8-20)27-14-12-26(13-15-27)22(29)21-9-6-16-30-21/h3-9,16,19H,2,10-15,17-18H2,1H3,(H,24,25). The third kappa shape index (κ3) is 4.78. The van der Waals surface area contributed by atoms with Crippen LogP contribution in [0.3, 0.4) is 0 Å². The van der Waals surface area contributed by atoms with E-state index in [1.54, 1.807) is 18.4 Å². The number of nitrogens with one attached hydrogen (secondary N) is 1.